The van der Waals surface area contributed by atoms with Crippen molar-refractivity contribution in [2.45, 2.75) is 111 Å². The smallest absolute Gasteiger partial charge is 0.138 e. The maximum Gasteiger partial charge on any atom is 0.138 e. The third kappa shape index (κ3) is 8.66. The fraction of sp³-hybridized carbons (Fsp3) is 0.432. The number of likely N-dealkylation sites (tertiary alicyclic amines) is 1. The molecule has 2 aromatic rings. The summed E-state index contributed by atoms with van der Waals surface area (Å²) in [7, 11) is 0. The van der Waals surface area contributed by atoms with Crippen molar-refractivity contribution in [1.82, 2.24) is 4.90 Å². The first-order chi connectivity index (χ1) is 23.1. The van der Waals surface area contributed by atoms with Crippen LogP contribution in [0.25, 0.3) is 0 Å². The molecule has 2 aromatic carbocycles. The lowest BCUT2D eigenvalue weighted by atomic mass is 9.79. The maximum atomic E-state index is 9.16. The van der Waals surface area contributed by atoms with Crippen LogP contribution in [0.5, 0.6) is 0 Å². The lowest BCUT2D eigenvalue weighted by molar-refractivity contribution is 0.406. The maximum absolute atomic E-state index is 9.16. The van der Waals surface area contributed by atoms with Gasteiger partial charge in [-0.1, -0.05) is 102 Å². The number of para-hydroxylation sites is 1. The number of benzene rings is 2. The van der Waals surface area contributed by atoms with Gasteiger partial charge in [0.05, 0.1) is 0 Å². The molecule has 3 nitrogen and oxygen atoms in total. The van der Waals surface area contributed by atoms with Crippen LogP contribution in [-0.4, -0.2) is 18.0 Å². The van der Waals surface area contributed by atoms with E-state index in [4.69, 9.17) is 5.26 Å². The minimum Gasteiger partial charge on any atom is -0.385 e. The van der Waals surface area contributed by atoms with E-state index in [2.05, 4.69) is 156 Å². The molecule has 0 saturated carbocycles. The number of nitrogens with zero attached hydrogens (tertiary/aromatic N) is 2. The lowest BCUT2D eigenvalue weighted by Crippen LogP contribution is -2.21. The fourth-order valence-electron chi connectivity index (χ4n) is 7.43. The van der Waals surface area contributed by atoms with Gasteiger partial charge in [0.25, 0.3) is 0 Å². The Hall–Kier alpha value is -3.68. The second-order valence-electron chi connectivity index (χ2n) is 14.2. The van der Waals surface area contributed by atoms with Gasteiger partial charge >= 0.3 is 0 Å². The standard InChI is InChI=1S/C44H57N3S/c1-9-29-46-40-21-14-13-20-39(40)43(5,6)28-16-19-34-17-15-18-35(37(34)31-33-22-25-36(26-23-33)48-32-45)24-27-42-44(7,8)38(11-3)41(12-4)47(42)30-10-2/h11-14,16,19-27,46H,9-10,15,17-18,28-31H2,1-8H3/b19-16+,35-24+,38-11+,41-12+,42-27+. The molecule has 0 amide bonds. The molecule has 48 heavy (non-hydrogen) atoms. The molecule has 1 N–H and O–H groups in total. The number of rotatable bonds is 13. The van der Waals surface area contributed by atoms with Crippen molar-refractivity contribution in [3.63, 3.8) is 0 Å². The molecule has 0 bridgehead atoms. The van der Waals surface area contributed by atoms with E-state index in [1.54, 1.807) is 0 Å². The molecule has 1 saturated heterocycles. The van der Waals surface area contributed by atoms with Gasteiger partial charge in [-0.25, -0.2) is 0 Å². The van der Waals surface area contributed by atoms with E-state index in [0.29, 0.717) is 0 Å². The van der Waals surface area contributed by atoms with E-state index >= 15 is 0 Å². The summed E-state index contributed by atoms with van der Waals surface area (Å²) in [6.45, 7) is 20.3. The van der Waals surface area contributed by atoms with Crippen LogP contribution in [0.4, 0.5) is 5.69 Å². The average molecular weight is 660 g/mol. The molecular formula is C44H57N3S. The highest BCUT2D eigenvalue weighted by atomic mass is 32.2. The topological polar surface area (TPSA) is 39.1 Å². The number of nitriles is 1. The molecule has 1 heterocycles. The first-order valence-electron chi connectivity index (χ1n) is 18.0. The summed E-state index contributed by atoms with van der Waals surface area (Å²) in [5.41, 5.74) is 12.4. The molecule has 0 atom stereocenters. The number of hydrogen-bond donors (Lipinski definition) is 1. The van der Waals surface area contributed by atoms with E-state index in [1.807, 2.05) is 0 Å². The number of nitrogens with one attached hydrogen (secondary N) is 1. The normalized spacial score (nSPS) is 20.1. The van der Waals surface area contributed by atoms with Crippen LogP contribution >= 0.6 is 11.8 Å². The van der Waals surface area contributed by atoms with E-state index in [1.165, 1.54) is 62.3 Å². The third-order valence-electron chi connectivity index (χ3n) is 9.93. The lowest BCUT2D eigenvalue weighted by Gasteiger charge is -2.28. The summed E-state index contributed by atoms with van der Waals surface area (Å²) in [5, 5.41) is 15.0. The van der Waals surface area contributed by atoms with E-state index in [-0.39, 0.29) is 10.8 Å². The average Bonchev–Trinajstić information content (AvgIpc) is 3.28. The van der Waals surface area contributed by atoms with Crippen LogP contribution in [0.15, 0.2) is 124 Å². The van der Waals surface area contributed by atoms with E-state index in [0.717, 1.165) is 62.9 Å². The van der Waals surface area contributed by atoms with Gasteiger partial charge in [0.2, 0.25) is 0 Å². The largest absolute Gasteiger partial charge is 0.385 e. The highest BCUT2D eigenvalue weighted by Crippen LogP contribution is 2.50. The fourth-order valence-corrected chi connectivity index (χ4v) is 7.81. The molecule has 4 heteroatoms. The van der Waals surface area contributed by atoms with Crippen LogP contribution in [-0.2, 0) is 11.8 Å². The Bertz CT molecular complexity index is 1640. The quantitative estimate of drug-likeness (QED) is 0.172. The van der Waals surface area contributed by atoms with Gasteiger partial charge in [-0.15, -0.1) is 0 Å². The summed E-state index contributed by atoms with van der Waals surface area (Å²) >= 11 is 1.22. The Labute approximate surface area is 296 Å². The Morgan fingerprint density at radius 1 is 0.979 bits per heavy atom. The molecule has 254 valence electrons. The van der Waals surface area contributed by atoms with Crippen molar-refractivity contribution < 1.29 is 0 Å². The van der Waals surface area contributed by atoms with E-state index in [9.17, 15) is 0 Å². The van der Waals surface area contributed by atoms with Gasteiger partial charge < -0.3 is 10.2 Å². The van der Waals surface area contributed by atoms with Gasteiger partial charge in [0.1, 0.15) is 5.40 Å². The number of allylic oxidation sites excluding steroid dienone is 11. The van der Waals surface area contributed by atoms with Crippen LogP contribution in [0.3, 0.4) is 0 Å². The van der Waals surface area contributed by atoms with Crippen molar-refractivity contribution >= 4 is 17.4 Å². The molecule has 1 aliphatic carbocycles. The van der Waals surface area contributed by atoms with Crippen molar-refractivity contribution in [3.05, 3.63) is 130 Å². The zero-order valence-electron chi connectivity index (χ0n) is 30.7. The van der Waals surface area contributed by atoms with Crippen molar-refractivity contribution in [2.75, 3.05) is 18.4 Å². The monoisotopic (exact) mass is 659 g/mol. The molecule has 1 aliphatic heterocycles. The Morgan fingerprint density at radius 3 is 2.40 bits per heavy atom. The molecule has 0 radical (unpaired) electrons. The third-order valence-corrected chi connectivity index (χ3v) is 10.5. The Kier molecular flexibility index (Phi) is 13.2. The minimum absolute atomic E-state index is 0.00630. The highest BCUT2D eigenvalue weighted by molar-refractivity contribution is 8.03. The summed E-state index contributed by atoms with van der Waals surface area (Å²) < 4.78 is 0. The van der Waals surface area contributed by atoms with Crippen molar-refractivity contribution in [2.24, 2.45) is 5.41 Å². The zero-order chi connectivity index (χ0) is 34.7. The van der Waals surface area contributed by atoms with Gasteiger partial charge in [0.15, 0.2) is 0 Å². The first kappa shape index (κ1) is 37.1. The number of anilines is 1. The summed E-state index contributed by atoms with van der Waals surface area (Å²) in [6.07, 6.45) is 21.7. The Balaban J connectivity index is 1.74. The molecule has 0 unspecified atom stereocenters. The second kappa shape index (κ2) is 17.1. The number of thiocyanates is 1. The molecule has 1 fully saturated rings. The predicted molar refractivity (Wildman–Crippen MR) is 209 cm³/mol. The molecule has 4 rings (SSSR count). The zero-order valence-corrected chi connectivity index (χ0v) is 31.6. The molecule has 2 aliphatic rings. The summed E-state index contributed by atoms with van der Waals surface area (Å²) in [5.74, 6) is 0. The van der Waals surface area contributed by atoms with Crippen LogP contribution in [0.1, 0.15) is 105 Å². The molecule has 0 aromatic heterocycles. The van der Waals surface area contributed by atoms with Gasteiger partial charge in [-0.05, 0) is 134 Å². The van der Waals surface area contributed by atoms with Gasteiger partial charge in [-0.3, -0.25) is 0 Å². The number of hydrogen-bond acceptors (Lipinski definition) is 4. The minimum atomic E-state index is -0.0494. The summed E-state index contributed by atoms with van der Waals surface area (Å²) in [6, 6.07) is 17.4. The molecule has 0 spiro atoms. The highest BCUT2D eigenvalue weighted by Gasteiger charge is 2.41. The predicted octanol–water partition coefficient (Wildman–Crippen LogP) is 12.4. The Morgan fingerprint density at radius 2 is 1.73 bits per heavy atom. The first-order valence-corrected chi connectivity index (χ1v) is 18.8. The van der Waals surface area contributed by atoms with Crippen molar-refractivity contribution in [1.29, 1.82) is 5.26 Å². The second-order valence-corrected chi connectivity index (χ2v) is 15.1. The van der Waals surface area contributed by atoms with Crippen LogP contribution in [0.2, 0.25) is 0 Å². The van der Waals surface area contributed by atoms with Gasteiger partial charge in [0, 0.05) is 40.5 Å². The number of thioether (sulfide) groups is 1. The molecular weight excluding hydrogens is 603 g/mol. The van der Waals surface area contributed by atoms with Crippen LogP contribution in [0, 0.1) is 16.1 Å². The van der Waals surface area contributed by atoms with E-state index < -0.39 is 0 Å². The van der Waals surface area contributed by atoms with Crippen LogP contribution < -0.4 is 5.32 Å². The summed E-state index contributed by atoms with van der Waals surface area (Å²) in [4.78, 5) is 3.54. The van der Waals surface area contributed by atoms with Crippen molar-refractivity contribution in [3.8, 4) is 5.40 Å². The van der Waals surface area contributed by atoms with Gasteiger partial charge in [-0.2, -0.15) is 5.26 Å². The SMILES string of the molecule is C/C=C1\C(=C/C)N(CCC)/C(=C/C=C2\CCCC(/C=C/CC(C)(C)c3ccccc3NCCC)=C2Cc2ccc(SC#N)cc2)C1(C)C.